The van der Waals surface area contributed by atoms with Crippen molar-refractivity contribution in [3.63, 3.8) is 0 Å². The zero-order valence-electron chi connectivity index (χ0n) is 10.7. The molecule has 0 radical (unpaired) electrons. The van der Waals surface area contributed by atoms with Crippen LogP contribution in [0.1, 0.15) is 36.1 Å². The summed E-state index contributed by atoms with van der Waals surface area (Å²) < 4.78 is 24.8. The Balaban J connectivity index is 1.92. The highest BCUT2D eigenvalue weighted by molar-refractivity contribution is 5.23. The highest BCUT2D eigenvalue weighted by Gasteiger charge is 2.07. The van der Waals surface area contributed by atoms with E-state index in [1.165, 1.54) is 12.1 Å². The van der Waals surface area contributed by atoms with Crippen molar-refractivity contribution in [1.29, 1.82) is 0 Å². The van der Waals surface area contributed by atoms with Gasteiger partial charge in [0.05, 0.1) is 0 Å². The molecule has 100 valence electrons. The molecule has 1 N–H and O–H groups in total. The van der Waals surface area contributed by atoms with Crippen LogP contribution in [0.4, 0.5) is 8.78 Å². The zero-order chi connectivity index (χ0) is 13.7. The average molecular weight is 262 g/mol. The monoisotopic (exact) mass is 262 g/mol. The molecule has 1 atom stereocenters. The number of alkyl halides is 2. The lowest BCUT2D eigenvalue weighted by molar-refractivity contribution is 0.151. The predicted octanol–water partition coefficient (Wildman–Crippen LogP) is 3.87. The number of hydrogen-bond donors (Lipinski definition) is 1. The third-order valence-electron chi connectivity index (χ3n) is 3.05. The molecule has 2 rings (SSSR count). The van der Waals surface area contributed by atoms with Crippen molar-refractivity contribution in [1.82, 2.24) is 10.3 Å². The third-order valence-corrected chi connectivity index (χ3v) is 3.05. The predicted molar refractivity (Wildman–Crippen MR) is 70.9 cm³/mol. The quantitative estimate of drug-likeness (QED) is 0.884. The summed E-state index contributed by atoms with van der Waals surface area (Å²) in [6.45, 7) is 2.70. The molecule has 0 spiro atoms. The number of aromatic nitrogens is 1. The lowest BCUT2D eigenvalue weighted by Gasteiger charge is -2.14. The molecule has 4 heteroatoms. The van der Waals surface area contributed by atoms with E-state index in [1.807, 2.05) is 12.1 Å². The van der Waals surface area contributed by atoms with E-state index in [4.69, 9.17) is 0 Å². The van der Waals surface area contributed by atoms with E-state index in [0.717, 1.165) is 11.1 Å². The first-order valence-corrected chi connectivity index (χ1v) is 6.17. The highest BCUT2D eigenvalue weighted by Crippen LogP contribution is 2.19. The Morgan fingerprint density at radius 3 is 2.21 bits per heavy atom. The number of benzene rings is 1. The molecule has 0 aliphatic carbocycles. The lowest BCUT2D eigenvalue weighted by Crippen LogP contribution is -2.18. The van der Waals surface area contributed by atoms with E-state index in [2.05, 4.69) is 17.2 Å². The first kappa shape index (κ1) is 13.6. The van der Waals surface area contributed by atoms with E-state index < -0.39 is 6.43 Å². The molecule has 0 bridgehead atoms. The van der Waals surface area contributed by atoms with Gasteiger partial charge in [-0.3, -0.25) is 4.98 Å². The Labute approximate surface area is 111 Å². The first-order chi connectivity index (χ1) is 9.16. The molecule has 2 nitrogen and oxygen atoms in total. The van der Waals surface area contributed by atoms with Gasteiger partial charge in [0.25, 0.3) is 6.43 Å². The minimum absolute atomic E-state index is 0.0610. The van der Waals surface area contributed by atoms with Gasteiger partial charge in [-0.25, -0.2) is 8.78 Å². The second-order valence-electron chi connectivity index (χ2n) is 4.43. The Kier molecular flexibility index (Phi) is 4.58. The van der Waals surface area contributed by atoms with Gasteiger partial charge < -0.3 is 5.32 Å². The van der Waals surface area contributed by atoms with Crippen LogP contribution in [0, 0.1) is 0 Å². The van der Waals surface area contributed by atoms with Crippen molar-refractivity contribution in [2.45, 2.75) is 25.9 Å². The summed E-state index contributed by atoms with van der Waals surface area (Å²) >= 11 is 0. The van der Waals surface area contributed by atoms with Gasteiger partial charge in [0.1, 0.15) is 0 Å². The van der Waals surface area contributed by atoms with E-state index in [1.54, 1.807) is 24.5 Å². The van der Waals surface area contributed by atoms with Crippen molar-refractivity contribution >= 4 is 0 Å². The number of hydrogen-bond acceptors (Lipinski definition) is 2. The topological polar surface area (TPSA) is 24.9 Å². The normalized spacial score (nSPS) is 12.6. The standard InChI is InChI=1S/C15H16F2N2/c1-11(13-6-8-18-9-7-13)19-10-12-2-4-14(5-3-12)15(16)17/h2-9,11,15,19H,10H2,1H3/t11-/m0/s1. The van der Waals surface area contributed by atoms with Crippen LogP contribution in [-0.2, 0) is 6.54 Å². The first-order valence-electron chi connectivity index (χ1n) is 6.17. The van der Waals surface area contributed by atoms with Gasteiger partial charge in [0.15, 0.2) is 0 Å². The summed E-state index contributed by atoms with van der Waals surface area (Å²) in [5.41, 5.74) is 2.20. The fourth-order valence-electron chi connectivity index (χ4n) is 1.82. The van der Waals surface area contributed by atoms with E-state index in [0.29, 0.717) is 6.54 Å². The maximum atomic E-state index is 12.4. The van der Waals surface area contributed by atoms with Gasteiger partial charge >= 0.3 is 0 Å². The van der Waals surface area contributed by atoms with Crippen molar-refractivity contribution in [2.75, 3.05) is 0 Å². The van der Waals surface area contributed by atoms with Crippen molar-refractivity contribution in [2.24, 2.45) is 0 Å². The SMILES string of the molecule is C[C@H](NCc1ccc(C(F)F)cc1)c1ccncc1. The molecule has 1 aromatic heterocycles. The molecular formula is C15H16F2N2. The number of nitrogens with one attached hydrogen (secondary N) is 1. The summed E-state index contributed by atoms with van der Waals surface area (Å²) in [5.74, 6) is 0. The van der Waals surface area contributed by atoms with Crippen LogP contribution in [0.15, 0.2) is 48.8 Å². The minimum atomic E-state index is -2.40. The molecule has 0 saturated heterocycles. The molecular weight excluding hydrogens is 246 g/mol. The number of nitrogens with zero attached hydrogens (tertiary/aromatic N) is 1. The molecule has 0 fully saturated rings. The van der Waals surface area contributed by atoms with Crippen LogP contribution in [0.3, 0.4) is 0 Å². The molecule has 0 aliphatic rings. The van der Waals surface area contributed by atoms with E-state index >= 15 is 0 Å². The van der Waals surface area contributed by atoms with Gasteiger partial charge in [0, 0.05) is 30.5 Å². The average Bonchev–Trinajstić information content (AvgIpc) is 2.46. The fourth-order valence-corrected chi connectivity index (χ4v) is 1.82. The zero-order valence-corrected chi connectivity index (χ0v) is 10.7. The number of rotatable bonds is 5. The van der Waals surface area contributed by atoms with Gasteiger partial charge in [-0.05, 0) is 30.2 Å². The van der Waals surface area contributed by atoms with Gasteiger partial charge in [-0.2, -0.15) is 0 Å². The van der Waals surface area contributed by atoms with Crippen LogP contribution < -0.4 is 5.32 Å². The van der Waals surface area contributed by atoms with Crippen LogP contribution in [0.25, 0.3) is 0 Å². The highest BCUT2D eigenvalue weighted by atomic mass is 19.3. The van der Waals surface area contributed by atoms with Crippen molar-refractivity contribution in [3.05, 3.63) is 65.5 Å². The van der Waals surface area contributed by atoms with Crippen molar-refractivity contribution in [3.8, 4) is 0 Å². The Morgan fingerprint density at radius 2 is 1.63 bits per heavy atom. The molecule has 2 aromatic rings. The molecule has 0 aliphatic heterocycles. The Hall–Kier alpha value is -1.81. The second-order valence-corrected chi connectivity index (χ2v) is 4.43. The molecule has 1 heterocycles. The number of halogens is 2. The summed E-state index contributed by atoms with van der Waals surface area (Å²) in [4.78, 5) is 3.97. The molecule has 0 saturated carbocycles. The largest absolute Gasteiger partial charge is 0.306 e. The van der Waals surface area contributed by atoms with Crippen LogP contribution in [0.2, 0.25) is 0 Å². The van der Waals surface area contributed by atoms with Crippen molar-refractivity contribution < 1.29 is 8.78 Å². The summed E-state index contributed by atoms with van der Waals surface area (Å²) in [6, 6.07) is 10.5. The lowest BCUT2D eigenvalue weighted by atomic mass is 10.1. The van der Waals surface area contributed by atoms with E-state index in [9.17, 15) is 8.78 Å². The maximum Gasteiger partial charge on any atom is 0.263 e. The Bertz CT molecular complexity index is 497. The maximum absolute atomic E-state index is 12.4. The summed E-state index contributed by atoms with van der Waals surface area (Å²) in [6.07, 6.45) is 1.10. The summed E-state index contributed by atoms with van der Waals surface area (Å²) in [5, 5.41) is 3.35. The minimum Gasteiger partial charge on any atom is -0.306 e. The van der Waals surface area contributed by atoms with E-state index in [-0.39, 0.29) is 11.6 Å². The van der Waals surface area contributed by atoms with Gasteiger partial charge in [-0.15, -0.1) is 0 Å². The second kappa shape index (κ2) is 6.38. The van der Waals surface area contributed by atoms with Crippen LogP contribution in [0.5, 0.6) is 0 Å². The molecule has 0 amide bonds. The fraction of sp³-hybridized carbons (Fsp3) is 0.267. The molecule has 0 unspecified atom stereocenters. The molecule has 1 aromatic carbocycles. The Morgan fingerprint density at radius 1 is 1.00 bits per heavy atom. The van der Waals surface area contributed by atoms with Gasteiger partial charge in [0.2, 0.25) is 0 Å². The van der Waals surface area contributed by atoms with Crippen LogP contribution in [-0.4, -0.2) is 4.98 Å². The number of pyridine rings is 1. The molecule has 19 heavy (non-hydrogen) atoms. The summed E-state index contributed by atoms with van der Waals surface area (Å²) in [7, 11) is 0. The third kappa shape index (κ3) is 3.83. The smallest absolute Gasteiger partial charge is 0.263 e. The van der Waals surface area contributed by atoms with Gasteiger partial charge in [-0.1, -0.05) is 24.3 Å². The van der Waals surface area contributed by atoms with Crippen LogP contribution >= 0.6 is 0 Å².